The molecule has 1 atom stereocenters. The van der Waals surface area contributed by atoms with Crippen LogP contribution in [0.1, 0.15) is 84.0 Å². The molecule has 112 valence electrons. The van der Waals surface area contributed by atoms with Gasteiger partial charge in [-0.2, -0.15) is 0 Å². The van der Waals surface area contributed by atoms with E-state index in [4.69, 9.17) is 5.21 Å². The third-order valence-corrected chi connectivity index (χ3v) is 4.13. The quantitative estimate of drug-likeness (QED) is 0.387. The van der Waals surface area contributed by atoms with Crippen LogP contribution in [0.3, 0.4) is 0 Å². The lowest BCUT2D eigenvalue weighted by Gasteiger charge is -2.22. The van der Waals surface area contributed by atoms with E-state index in [0.29, 0.717) is 6.04 Å². The molecule has 19 heavy (non-hydrogen) atoms. The Labute approximate surface area is 118 Å². The maximum atomic E-state index is 9.13. The summed E-state index contributed by atoms with van der Waals surface area (Å²) in [5, 5.41) is 16.2. The van der Waals surface area contributed by atoms with Crippen molar-refractivity contribution in [2.75, 3.05) is 6.54 Å². The van der Waals surface area contributed by atoms with Crippen LogP contribution in [0.4, 0.5) is 0 Å². The average Bonchev–Trinajstić information content (AvgIpc) is 2.40. The van der Waals surface area contributed by atoms with E-state index in [-0.39, 0.29) is 0 Å². The Hall–Kier alpha value is -0.570. The molecule has 1 aliphatic rings. The van der Waals surface area contributed by atoms with Crippen molar-refractivity contribution >= 4 is 5.71 Å². The van der Waals surface area contributed by atoms with Crippen LogP contribution >= 0.6 is 0 Å². The molecular weight excluding hydrogens is 236 g/mol. The van der Waals surface area contributed by atoms with Crippen molar-refractivity contribution in [3.63, 3.8) is 0 Å². The summed E-state index contributed by atoms with van der Waals surface area (Å²) >= 11 is 0. The van der Waals surface area contributed by atoms with Gasteiger partial charge in [-0.3, -0.25) is 0 Å². The van der Waals surface area contributed by atoms with Crippen LogP contribution in [0.2, 0.25) is 0 Å². The Balaban J connectivity index is 2.14. The van der Waals surface area contributed by atoms with Gasteiger partial charge in [0.05, 0.1) is 5.71 Å². The minimum atomic E-state index is 0.320. The topological polar surface area (TPSA) is 44.6 Å². The molecule has 0 aromatic carbocycles. The van der Waals surface area contributed by atoms with E-state index in [0.717, 1.165) is 25.1 Å². The zero-order valence-corrected chi connectivity index (χ0v) is 12.7. The molecule has 1 fully saturated rings. The number of nitrogens with zero attached hydrogens (tertiary/aromatic N) is 1. The first-order valence-corrected chi connectivity index (χ1v) is 8.32. The van der Waals surface area contributed by atoms with Crippen LogP contribution in [0, 0.1) is 0 Å². The lowest BCUT2D eigenvalue weighted by atomic mass is 9.95. The van der Waals surface area contributed by atoms with Gasteiger partial charge in [-0.25, -0.2) is 0 Å². The maximum Gasteiger partial charge on any atom is 0.0739 e. The monoisotopic (exact) mass is 268 g/mol. The van der Waals surface area contributed by atoms with Crippen molar-refractivity contribution < 1.29 is 5.21 Å². The molecule has 0 radical (unpaired) electrons. The van der Waals surface area contributed by atoms with Gasteiger partial charge < -0.3 is 10.5 Å². The van der Waals surface area contributed by atoms with E-state index >= 15 is 0 Å². The van der Waals surface area contributed by atoms with Crippen LogP contribution in [-0.4, -0.2) is 23.5 Å². The molecule has 1 saturated carbocycles. The summed E-state index contributed by atoms with van der Waals surface area (Å²) in [5.41, 5.74) is 0.977. The van der Waals surface area contributed by atoms with Gasteiger partial charge in [0.2, 0.25) is 0 Å². The summed E-state index contributed by atoms with van der Waals surface area (Å²) in [6.07, 6.45) is 15.1. The van der Waals surface area contributed by atoms with Crippen LogP contribution < -0.4 is 5.32 Å². The van der Waals surface area contributed by atoms with Gasteiger partial charge in [-0.1, -0.05) is 63.4 Å². The van der Waals surface area contributed by atoms with Gasteiger partial charge >= 0.3 is 0 Å². The van der Waals surface area contributed by atoms with Crippen LogP contribution in [0.25, 0.3) is 0 Å². The minimum absolute atomic E-state index is 0.320. The van der Waals surface area contributed by atoms with Gasteiger partial charge in [0.15, 0.2) is 0 Å². The zero-order chi connectivity index (χ0) is 13.8. The van der Waals surface area contributed by atoms with E-state index < -0.39 is 0 Å². The van der Waals surface area contributed by atoms with Crippen molar-refractivity contribution in [2.24, 2.45) is 5.16 Å². The first-order valence-electron chi connectivity index (χ1n) is 8.32. The molecule has 3 heteroatoms. The second kappa shape index (κ2) is 11.3. The highest BCUT2D eigenvalue weighted by Crippen LogP contribution is 2.16. The molecule has 1 unspecified atom stereocenters. The molecule has 0 aromatic heterocycles. The smallest absolute Gasteiger partial charge is 0.0739 e. The van der Waals surface area contributed by atoms with Gasteiger partial charge in [0.25, 0.3) is 0 Å². The molecule has 1 aliphatic carbocycles. The van der Waals surface area contributed by atoms with E-state index in [9.17, 15) is 0 Å². The summed E-state index contributed by atoms with van der Waals surface area (Å²) in [7, 11) is 0. The molecule has 0 heterocycles. The predicted molar refractivity (Wildman–Crippen MR) is 82.1 cm³/mol. The average molecular weight is 268 g/mol. The molecule has 0 amide bonds. The number of nitrogens with one attached hydrogen (secondary N) is 1. The molecule has 1 rings (SSSR count). The van der Waals surface area contributed by atoms with Gasteiger partial charge in [0.1, 0.15) is 0 Å². The molecule has 0 bridgehead atoms. The van der Waals surface area contributed by atoms with Crippen molar-refractivity contribution in [2.45, 2.75) is 90.0 Å². The highest BCUT2D eigenvalue weighted by atomic mass is 16.4. The lowest BCUT2D eigenvalue weighted by Crippen LogP contribution is -2.38. The normalized spacial score (nSPS) is 23.2. The summed E-state index contributed by atoms with van der Waals surface area (Å²) < 4.78 is 0. The summed E-state index contributed by atoms with van der Waals surface area (Å²) in [5.74, 6) is 0. The number of rotatable bonds is 8. The zero-order valence-electron chi connectivity index (χ0n) is 12.7. The second-order valence-corrected chi connectivity index (χ2v) is 5.82. The third kappa shape index (κ3) is 7.56. The first-order chi connectivity index (χ1) is 9.38. The summed E-state index contributed by atoms with van der Waals surface area (Å²) in [6, 6.07) is 0.320. The maximum absolute atomic E-state index is 9.13. The van der Waals surface area contributed by atoms with Crippen LogP contribution in [0.15, 0.2) is 5.16 Å². The van der Waals surface area contributed by atoms with Gasteiger partial charge in [-0.15, -0.1) is 0 Å². The Morgan fingerprint density at radius 2 is 1.79 bits per heavy atom. The third-order valence-electron chi connectivity index (χ3n) is 4.13. The second-order valence-electron chi connectivity index (χ2n) is 5.82. The fraction of sp³-hybridized carbons (Fsp3) is 0.938. The van der Waals surface area contributed by atoms with E-state index in [1.54, 1.807) is 0 Å². The molecule has 3 nitrogen and oxygen atoms in total. The Bertz CT molecular complexity index is 241. The SMILES string of the molecule is CCCCCCCCNC1CCCCCCC1=NO. The van der Waals surface area contributed by atoms with Gasteiger partial charge in [0, 0.05) is 6.04 Å². The fourth-order valence-electron chi connectivity index (χ4n) is 2.87. The van der Waals surface area contributed by atoms with Gasteiger partial charge in [-0.05, 0) is 32.2 Å². The Morgan fingerprint density at radius 1 is 1.05 bits per heavy atom. The fourth-order valence-corrected chi connectivity index (χ4v) is 2.87. The molecule has 2 N–H and O–H groups in total. The van der Waals surface area contributed by atoms with Crippen LogP contribution in [-0.2, 0) is 0 Å². The van der Waals surface area contributed by atoms with Crippen molar-refractivity contribution in [3.05, 3.63) is 0 Å². The summed E-state index contributed by atoms with van der Waals surface area (Å²) in [6.45, 7) is 3.32. The van der Waals surface area contributed by atoms with Crippen molar-refractivity contribution in [3.8, 4) is 0 Å². The Kier molecular flexibility index (Phi) is 9.78. The molecular formula is C16H32N2O. The van der Waals surface area contributed by atoms with Crippen molar-refractivity contribution in [1.29, 1.82) is 0 Å². The number of hydrogen-bond donors (Lipinski definition) is 2. The Morgan fingerprint density at radius 3 is 2.58 bits per heavy atom. The minimum Gasteiger partial charge on any atom is -0.411 e. The number of hydrogen-bond acceptors (Lipinski definition) is 3. The molecule has 0 aliphatic heterocycles. The summed E-state index contributed by atoms with van der Waals surface area (Å²) in [4.78, 5) is 0. The molecule has 0 saturated heterocycles. The van der Waals surface area contributed by atoms with E-state index in [1.807, 2.05) is 0 Å². The highest BCUT2D eigenvalue weighted by molar-refractivity contribution is 5.89. The molecule has 0 aromatic rings. The highest BCUT2D eigenvalue weighted by Gasteiger charge is 2.17. The molecule has 0 spiro atoms. The van der Waals surface area contributed by atoms with E-state index in [1.165, 1.54) is 64.2 Å². The number of unbranched alkanes of at least 4 members (excludes halogenated alkanes) is 5. The number of oxime groups is 1. The largest absolute Gasteiger partial charge is 0.411 e. The van der Waals surface area contributed by atoms with E-state index in [2.05, 4.69) is 17.4 Å². The first kappa shape index (κ1) is 16.5. The predicted octanol–water partition coefficient (Wildman–Crippen LogP) is 4.49. The standard InChI is InChI=1S/C16H32N2O/c1-2-3-4-5-8-11-14-17-15-12-9-6-7-10-13-16(15)18-19/h15,17,19H,2-14H2,1H3. The lowest BCUT2D eigenvalue weighted by molar-refractivity contribution is 0.311. The van der Waals surface area contributed by atoms with Crippen molar-refractivity contribution in [1.82, 2.24) is 5.32 Å². The van der Waals surface area contributed by atoms with Crippen LogP contribution in [0.5, 0.6) is 0 Å².